The zero-order valence-electron chi connectivity index (χ0n) is 11.0. The average Bonchev–Trinajstić information content (AvgIpc) is 2.78. The molecule has 1 unspecified atom stereocenters. The maximum absolute atomic E-state index is 12.1. The summed E-state index contributed by atoms with van der Waals surface area (Å²) in [5.74, 6) is -0.152. The number of rotatable bonds is 3. The number of carbonyl (C=O) groups excluding carboxylic acids is 1. The predicted molar refractivity (Wildman–Crippen MR) is 67.2 cm³/mol. The van der Waals surface area contributed by atoms with Gasteiger partial charge in [-0.2, -0.15) is 0 Å². The number of aliphatic carboxylic acids is 1. The Morgan fingerprint density at radius 2 is 1.83 bits per heavy atom. The van der Waals surface area contributed by atoms with E-state index in [0.717, 1.165) is 38.4 Å². The highest BCUT2D eigenvalue weighted by atomic mass is 16.4. The first-order valence-electron chi connectivity index (χ1n) is 6.79. The number of amides is 1. The van der Waals surface area contributed by atoms with Crippen LogP contribution in [0.1, 0.15) is 26.2 Å². The van der Waals surface area contributed by atoms with E-state index in [0.29, 0.717) is 19.5 Å². The van der Waals surface area contributed by atoms with Crippen molar-refractivity contribution in [3.8, 4) is 0 Å². The van der Waals surface area contributed by atoms with Crippen LogP contribution >= 0.6 is 0 Å². The van der Waals surface area contributed by atoms with Gasteiger partial charge in [0.2, 0.25) is 5.91 Å². The summed E-state index contributed by atoms with van der Waals surface area (Å²) in [4.78, 5) is 26.8. The Kier molecular flexibility index (Phi) is 4.22. The highest BCUT2D eigenvalue weighted by Gasteiger charge is 2.30. The minimum atomic E-state index is -0.739. The fraction of sp³-hybridized carbons (Fsp3) is 0.846. The van der Waals surface area contributed by atoms with Crippen LogP contribution in [0.15, 0.2) is 0 Å². The third kappa shape index (κ3) is 3.22. The Morgan fingerprint density at radius 3 is 2.39 bits per heavy atom. The minimum Gasteiger partial charge on any atom is -0.481 e. The second kappa shape index (κ2) is 5.69. The summed E-state index contributed by atoms with van der Waals surface area (Å²) in [7, 11) is 0. The van der Waals surface area contributed by atoms with Crippen molar-refractivity contribution in [2.45, 2.75) is 26.2 Å². The summed E-state index contributed by atoms with van der Waals surface area (Å²) >= 11 is 0. The summed E-state index contributed by atoms with van der Waals surface area (Å²) in [5.41, 5.74) is 0. The SMILES string of the molecule is CC1CCN(C(=O)CN2CCC(C(=O)O)C2)CC1. The van der Waals surface area contributed by atoms with Crippen LogP contribution < -0.4 is 0 Å². The van der Waals surface area contributed by atoms with Crippen molar-refractivity contribution in [3.63, 3.8) is 0 Å². The van der Waals surface area contributed by atoms with E-state index in [1.54, 1.807) is 0 Å². The van der Waals surface area contributed by atoms with Crippen LogP contribution in [0.4, 0.5) is 0 Å². The molecule has 0 aromatic carbocycles. The second-order valence-corrected chi connectivity index (χ2v) is 5.62. The van der Waals surface area contributed by atoms with Gasteiger partial charge in [-0.3, -0.25) is 14.5 Å². The Balaban J connectivity index is 1.76. The van der Waals surface area contributed by atoms with Crippen molar-refractivity contribution in [1.29, 1.82) is 0 Å². The third-order valence-electron chi connectivity index (χ3n) is 4.12. The largest absolute Gasteiger partial charge is 0.481 e. The highest BCUT2D eigenvalue weighted by molar-refractivity contribution is 5.78. The molecule has 0 saturated carbocycles. The lowest BCUT2D eigenvalue weighted by atomic mass is 9.99. The Labute approximate surface area is 108 Å². The standard InChI is InChI=1S/C13H22N2O3/c1-10-2-6-15(7-3-10)12(16)9-14-5-4-11(8-14)13(17)18/h10-11H,2-9H2,1H3,(H,17,18). The molecule has 2 heterocycles. The zero-order chi connectivity index (χ0) is 13.1. The average molecular weight is 254 g/mol. The Bertz CT molecular complexity index is 324. The molecule has 5 nitrogen and oxygen atoms in total. The molecule has 1 atom stereocenters. The molecule has 102 valence electrons. The van der Waals surface area contributed by atoms with Crippen LogP contribution in [-0.2, 0) is 9.59 Å². The molecule has 0 aromatic heterocycles. The first-order chi connectivity index (χ1) is 8.56. The van der Waals surface area contributed by atoms with Gasteiger partial charge in [0.15, 0.2) is 0 Å². The van der Waals surface area contributed by atoms with E-state index in [-0.39, 0.29) is 11.8 Å². The molecule has 1 amide bonds. The lowest BCUT2D eigenvalue weighted by molar-refractivity contribution is -0.141. The van der Waals surface area contributed by atoms with E-state index in [1.165, 1.54) is 0 Å². The quantitative estimate of drug-likeness (QED) is 0.803. The summed E-state index contributed by atoms with van der Waals surface area (Å²) in [6.07, 6.45) is 2.84. The number of piperidine rings is 1. The number of nitrogens with zero attached hydrogens (tertiary/aromatic N) is 2. The molecule has 0 spiro atoms. The van der Waals surface area contributed by atoms with Gasteiger partial charge in [-0.1, -0.05) is 6.92 Å². The summed E-state index contributed by atoms with van der Waals surface area (Å²) in [6.45, 7) is 5.57. The summed E-state index contributed by atoms with van der Waals surface area (Å²) in [5, 5.41) is 8.92. The predicted octanol–water partition coefficient (Wildman–Crippen LogP) is 0.651. The smallest absolute Gasteiger partial charge is 0.307 e. The van der Waals surface area contributed by atoms with Crippen molar-refractivity contribution in [3.05, 3.63) is 0 Å². The second-order valence-electron chi connectivity index (χ2n) is 5.62. The van der Waals surface area contributed by atoms with Crippen LogP contribution in [0.3, 0.4) is 0 Å². The molecule has 18 heavy (non-hydrogen) atoms. The van der Waals surface area contributed by atoms with Gasteiger partial charge in [-0.05, 0) is 31.7 Å². The van der Waals surface area contributed by atoms with E-state index in [4.69, 9.17) is 5.11 Å². The van der Waals surface area contributed by atoms with Gasteiger partial charge >= 0.3 is 5.97 Å². The molecule has 1 N–H and O–H groups in total. The zero-order valence-corrected chi connectivity index (χ0v) is 11.0. The number of carboxylic acids is 1. The fourth-order valence-corrected chi connectivity index (χ4v) is 2.73. The maximum Gasteiger partial charge on any atom is 0.307 e. The van der Waals surface area contributed by atoms with Crippen molar-refractivity contribution in [2.75, 3.05) is 32.7 Å². The summed E-state index contributed by atoms with van der Waals surface area (Å²) in [6, 6.07) is 0. The minimum absolute atomic E-state index is 0.160. The lowest BCUT2D eigenvalue weighted by Gasteiger charge is -2.31. The highest BCUT2D eigenvalue weighted by Crippen LogP contribution is 2.18. The molecular weight excluding hydrogens is 232 g/mol. The van der Waals surface area contributed by atoms with Crippen molar-refractivity contribution in [2.24, 2.45) is 11.8 Å². The van der Waals surface area contributed by atoms with Crippen LogP contribution in [-0.4, -0.2) is 59.5 Å². The number of likely N-dealkylation sites (tertiary alicyclic amines) is 2. The Hall–Kier alpha value is -1.10. The van der Waals surface area contributed by atoms with E-state index in [1.807, 2.05) is 9.80 Å². The molecule has 5 heteroatoms. The van der Waals surface area contributed by atoms with Crippen molar-refractivity contribution < 1.29 is 14.7 Å². The number of carboxylic acid groups (broad SMARTS) is 1. The van der Waals surface area contributed by atoms with E-state index >= 15 is 0 Å². The molecule has 2 fully saturated rings. The van der Waals surface area contributed by atoms with Crippen LogP contribution in [0.5, 0.6) is 0 Å². The molecule has 2 aliphatic rings. The number of hydrogen-bond acceptors (Lipinski definition) is 3. The van der Waals surface area contributed by atoms with Gasteiger partial charge < -0.3 is 10.0 Å². The molecular formula is C13H22N2O3. The molecule has 2 saturated heterocycles. The van der Waals surface area contributed by atoms with E-state index < -0.39 is 5.97 Å². The lowest BCUT2D eigenvalue weighted by Crippen LogP contribution is -2.43. The Morgan fingerprint density at radius 1 is 1.17 bits per heavy atom. The normalized spacial score (nSPS) is 26.5. The molecule has 2 aliphatic heterocycles. The van der Waals surface area contributed by atoms with Crippen molar-refractivity contribution >= 4 is 11.9 Å². The van der Waals surface area contributed by atoms with Crippen LogP contribution in [0.2, 0.25) is 0 Å². The van der Waals surface area contributed by atoms with Gasteiger partial charge in [-0.15, -0.1) is 0 Å². The van der Waals surface area contributed by atoms with Gasteiger partial charge in [0.1, 0.15) is 0 Å². The van der Waals surface area contributed by atoms with Gasteiger partial charge in [0.05, 0.1) is 12.5 Å². The first kappa shape index (κ1) is 13.3. The maximum atomic E-state index is 12.1. The number of carbonyl (C=O) groups is 2. The fourth-order valence-electron chi connectivity index (χ4n) is 2.73. The van der Waals surface area contributed by atoms with E-state index in [2.05, 4.69) is 6.92 Å². The van der Waals surface area contributed by atoms with Crippen LogP contribution in [0.25, 0.3) is 0 Å². The first-order valence-corrected chi connectivity index (χ1v) is 6.79. The third-order valence-corrected chi connectivity index (χ3v) is 4.12. The topological polar surface area (TPSA) is 60.9 Å². The molecule has 0 radical (unpaired) electrons. The molecule has 0 aliphatic carbocycles. The molecule has 0 aromatic rings. The molecule has 2 rings (SSSR count). The van der Waals surface area contributed by atoms with Gasteiger partial charge in [0, 0.05) is 19.6 Å². The van der Waals surface area contributed by atoms with E-state index in [9.17, 15) is 9.59 Å². The van der Waals surface area contributed by atoms with Crippen LogP contribution in [0, 0.1) is 11.8 Å². The summed E-state index contributed by atoms with van der Waals surface area (Å²) < 4.78 is 0. The van der Waals surface area contributed by atoms with Crippen molar-refractivity contribution in [1.82, 2.24) is 9.80 Å². The molecule has 0 bridgehead atoms. The van der Waals surface area contributed by atoms with Gasteiger partial charge in [-0.25, -0.2) is 0 Å². The monoisotopic (exact) mass is 254 g/mol. The van der Waals surface area contributed by atoms with Gasteiger partial charge in [0.25, 0.3) is 0 Å². The number of hydrogen-bond donors (Lipinski definition) is 1.